The van der Waals surface area contributed by atoms with E-state index < -0.39 is 5.97 Å². The maximum atomic E-state index is 10.7. The zero-order valence-electron chi connectivity index (χ0n) is 9.69. The monoisotopic (exact) mass is 239 g/mol. The molecule has 1 aromatic heterocycles. The van der Waals surface area contributed by atoms with Gasteiger partial charge in [-0.1, -0.05) is 13.8 Å². The normalized spacial score (nSPS) is 19.8. The molecule has 1 heterocycles. The first-order valence-corrected chi connectivity index (χ1v) is 6.54. The molecule has 0 amide bonds. The third-order valence-corrected chi connectivity index (χ3v) is 4.11. The lowest BCUT2D eigenvalue weighted by Crippen LogP contribution is -2.16. The summed E-state index contributed by atoms with van der Waals surface area (Å²) in [5, 5.41) is 8.79. The second-order valence-corrected chi connectivity index (χ2v) is 5.69. The van der Waals surface area contributed by atoms with Crippen molar-refractivity contribution in [2.75, 3.05) is 0 Å². The van der Waals surface area contributed by atoms with Gasteiger partial charge in [0.1, 0.15) is 0 Å². The number of nitrogens with zero attached hydrogens (tertiary/aromatic N) is 1. The van der Waals surface area contributed by atoms with Gasteiger partial charge in [-0.2, -0.15) is 4.37 Å². The molecule has 0 bridgehead atoms. The van der Waals surface area contributed by atoms with Crippen molar-refractivity contribution in [2.24, 2.45) is 5.92 Å². The molecule has 0 fully saturated rings. The van der Waals surface area contributed by atoms with Crippen LogP contribution in [0.2, 0.25) is 0 Å². The summed E-state index contributed by atoms with van der Waals surface area (Å²) < 4.78 is 4.51. The van der Waals surface area contributed by atoms with E-state index in [1.807, 2.05) is 0 Å². The van der Waals surface area contributed by atoms with E-state index in [4.69, 9.17) is 5.11 Å². The third kappa shape index (κ3) is 2.26. The van der Waals surface area contributed by atoms with Crippen molar-refractivity contribution < 1.29 is 9.90 Å². The Balaban J connectivity index is 2.13. The minimum Gasteiger partial charge on any atom is -0.481 e. The number of hydrogen-bond donors (Lipinski definition) is 1. The summed E-state index contributed by atoms with van der Waals surface area (Å²) in [6.07, 6.45) is 3.22. The van der Waals surface area contributed by atoms with Crippen LogP contribution in [0.4, 0.5) is 0 Å². The van der Waals surface area contributed by atoms with E-state index in [-0.39, 0.29) is 0 Å². The summed E-state index contributed by atoms with van der Waals surface area (Å²) in [5.74, 6) is 0.114. The molecule has 16 heavy (non-hydrogen) atoms. The van der Waals surface area contributed by atoms with Crippen LogP contribution >= 0.6 is 11.5 Å². The van der Waals surface area contributed by atoms with Crippen molar-refractivity contribution in [3.05, 3.63) is 16.1 Å². The zero-order valence-corrected chi connectivity index (χ0v) is 10.5. The van der Waals surface area contributed by atoms with Crippen molar-refractivity contribution in [3.8, 4) is 0 Å². The van der Waals surface area contributed by atoms with Crippen LogP contribution < -0.4 is 0 Å². The Labute approximate surface area is 99.7 Å². The minimum absolute atomic E-state index is 0.300. The molecule has 0 radical (unpaired) electrons. The maximum Gasteiger partial charge on any atom is 0.303 e. The molecule has 3 nitrogen and oxygen atoms in total. The number of rotatable bonds is 3. The number of aromatic nitrogens is 1. The number of hydrogen-bond acceptors (Lipinski definition) is 3. The molecule has 2 rings (SSSR count). The van der Waals surface area contributed by atoms with Crippen molar-refractivity contribution in [1.82, 2.24) is 4.37 Å². The van der Waals surface area contributed by atoms with Crippen LogP contribution in [0.5, 0.6) is 0 Å². The fraction of sp³-hybridized carbons (Fsp3) is 0.667. The van der Waals surface area contributed by atoms with Crippen molar-refractivity contribution in [1.29, 1.82) is 0 Å². The average Bonchev–Trinajstić information content (AvgIpc) is 2.59. The van der Waals surface area contributed by atoms with E-state index in [9.17, 15) is 4.79 Å². The zero-order chi connectivity index (χ0) is 11.7. The van der Waals surface area contributed by atoms with E-state index in [0.29, 0.717) is 18.3 Å². The summed E-state index contributed by atoms with van der Waals surface area (Å²) in [7, 11) is 0. The van der Waals surface area contributed by atoms with E-state index in [0.717, 1.165) is 19.3 Å². The summed E-state index contributed by atoms with van der Waals surface area (Å²) in [4.78, 5) is 12.0. The van der Waals surface area contributed by atoms with Crippen LogP contribution in [-0.4, -0.2) is 15.4 Å². The van der Waals surface area contributed by atoms with Crippen LogP contribution in [0.1, 0.15) is 48.7 Å². The first-order valence-electron chi connectivity index (χ1n) is 5.77. The molecular weight excluding hydrogens is 222 g/mol. The molecule has 1 N–H and O–H groups in total. The van der Waals surface area contributed by atoms with E-state index in [1.54, 1.807) is 11.5 Å². The molecule has 0 saturated carbocycles. The quantitative estimate of drug-likeness (QED) is 0.882. The molecule has 1 atom stereocenters. The van der Waals surface area contributed by atoms with Gasteiger partial charge in [0.2, 0.25) is 0 Å². The summed E-state index contributed by atoms with van der Waals surface area (Å²) in [6, 6.07) is 0. The average molecular weight is 239 g/mol. The fourth-order valence-electron chi connectivity index (χ4n) is 2.37. The first-order chi connectivity index (χ1) is 7.58. The van der Waals surface area contributed by atoms with Crippen LogP contribution in [0, 0.1) is 5.92 Å². The molecule has 1 aliphatic rings. The molecule has 0 aromatic carbocycles. The van der Waals surface area contributed by atoms with Gasteiger partial charge in [0.15, 0.2) is 0 Å². The highest BCUT2D eigenvalue weighted by atomic mass is 32.1. The summed E-state index contributed by atoms with van der Waals surface area (Å²) in [6.45, 7) is 4.33. The van der Waals surface area contributed by atoms with Gasteiger partial charge >= 0.3 is 5.97 Å². The van der Waals surface area contributed by atoms with Crippen LogP contribution in [0.25, 0.3) is 0 Å². The number of carbonyl (C=O) groups is 1. The van der Waals surface area contributed by atoms with Crippen molar-refractivity contribution in [3.63, 3.8) is 0 Å². The second kappa shape index (κ2) is 4.53. The highest BCUT2D eigenvalue weighted by Gasteiger charge is 2.25. The van der Waals surface area contributed by atoms with Gasteiger partial charge in [0.25, 0.3) is 0 Å². The Morgan fingerprint density at radius 3 is 3.00 bits per heavy atom. The van der Waals surface area contributed by atoms with Gasteiger partial charge in [-0.25, -0.2) is 0 Å². The van der Waals surface area contributed by atoms with Gasteiger partial charge < -0.3 is 5.11 Å². The smallest absolute Gasteiger partial charge is 0.303 e. The Morgan fingerprint density at radius 2 is 2.38 bits per heavy atom. The van der Waals surface area contributed by atoms with Gasteiger partial charge in [0.05, 0.1) is 5.69 Å². The lowest BCUT2D eigenvalue weighted by Gasteiger charge is -2.21. The predicted octanol–water partition coefficient (Wildman–Crippen LogP) is 2.85. The standard InChI is InChI=1S/C12H17NO2S/c1-7(2)12-9-4-3-8(6-11(14)15)5-10(9)16-13-12/h7-8H,3-6H2,1-2H3,(H,14,15). The number of carboxylic acid groups (broad SMARTS) is 1. The number of aliphatic carboxylic acids is 1. The summed E-state index contributed by atoms with van der Waals surface area (Å²) in [5.41, 5.74) is 2.63. The van der Waals surface area contributed by atoms with Gasteiger partial charge in [-0.05, 0) is 48.2 Å². The minimum atomic E-state index is -0.679. The van der Waals surface area contributed by atoms with Crippen LogP contribution in [-0.2, 0) is 17.6 Å². The molecule has 1 aromatic rings. The fourth-order valence-corrected chi connectivity index (χ4v) is 3.53. The summed E-state index contributed by atoms with van der Waals surface area (Å²) >= 11 is 1.57. The Hall–Kier alpha value is -0.900. The molecular formula is C12H17NO2S. The Morgan fingerprint density at radius 1 is 1.62 bits per heavy atom. The molecule has 1 aliphatic carbocycles. The molecule has 88 valence electrons. The maximum absolute atomic E-state index is 10.7. The number of fused-ring (bicyclic) bond motifs is 1. The molecule has 0 saturated heterocycles. The Kier molecular flexibility index (Phi) is 3.28. The topological polar surface area (TPSA) is 50.2 Å². The highest BCUT2D eigenvalue weighted by Crippen LogP contribution is 2.34. The second-order valence-electron chi connectivity index (χ2n) is 4.83. The lowest BCUT2D eigenvalue weighted by atomic mass is 9.84. The van der Waals surface area contributed by atoms with Crippen LogP contribution in [0.3, 0.4) is 0 Å². The van der Waals surface area contributed by atoms with E-state index in [2.05, 4.69) is 18.2 Å². The van der Waals surface area contributed by atoms with Crippen molar-refractivity contribution in [2.45, 2.75) is 45.4 Å². The van der Waals surface area contributed by atoms with Gasteiger partial charge in [-0.3, -0.25) is 4.79 Å². The largest absolute Gasteiger partial charge is 0.481 e. The van der Waals surface area contributed by atoms with Gasteiger partial charge in [-0.15, -0.1) is 0 Å². The third-order valence-electron chi connectivity index (χ3n) is 3.19. The molecule has 0 spiro atoms. The molecule has 1 unspecified atom stereocenters. The van der Waals surface area contributed by atoms with E-state index >= 15 is 0 Å². The molecule has 0 aliphatic heterocycles. The van der Waals surface area contributed by atoms with Gasteiger partial charge in [0, 0.05) is 11.3 Å². The highest BCUT2D eigenvalue weighted by molar-refractivity contribution is 7.06. The SMILES string of the molecule is CC(C)c1nsc2c1CCC(CC(=O)O)C2. The lowest BCUT2D eigenvalue weighted by molar-refractivity contribution is -0.138. The first kappa shape index (κ1) is 11.6. The predicted molar refractivity (Wildman–Crippen MR) is 64.0 cm³/mol. The molecule has 4 heteroatoms. The van der Waals surface area contributed by atoms with Crippen molar-refractivity contribution >= 4 is 17.5 Å². The number of carboxylic acids is 1. The van der Waals surface area contributed by atoms with Crippen LogP contribution in [0.15, 0.2) is 0 Å². The van der Waals surface area contributed by atoms with E-state index in [1.165, 1.54) is 16.1 Å². The Bertz CT molecular complexity index is 398.